The highest BCUT2D eigenvalue weighted by Crippen LogP contribution is 2.53. The van der Waals surface area contributed by atoms with Crippen LogP contribution in [-0.2, 0) is 0 Å². The third kappa shape index (κ3) is 5.44. The van der Waals surface area contributed by atoms with Crippen molar-refractivity contribution in [3.8, 4) is 67.9 Å². The quantitative estimate of drug-likeness (QED) is 0.172. The van der Waals surface area contributed by atoms with Gasteiger partial charge in [-0.15, -0.1) is 0 Å². The summed E-state index contributed by atoms with van der Waals surface area (Å²) in [6, 6.07) is 63.3. The number of rotatable bonds is 6. The van der Waals surface area contributed by atoms with E-state index in [2.05, 4.69) is 187 Å². The van der Waals surface area contributed by atoms with Crippen LogP contribution < -0.4 is 4.74 Å². The second-order valence-corrected chi connectivity index (χ2v) is 14.4. The molecule has 9 aromatic rings. The molecule has 0 amide bonds. The van der Waals surface area contributed by atoms with E-state index in [1.807, 2.05) is 12.1 Å². The van der Waals surface area contributed by atoms with Gasteiger partial charge in [-0.2, -0.15) is 0 Å². The number of aromatic nitrogens is 4. The van der Waals surface area contributed by atoms with Crippen molar-refractivity contribution < 1.29 is 4.74 Å². The van der Waals surface area contributed by atoms with Crippen molar-refractivity contribution in [3.63, 3.8) is 0 Å². The molecule has 2 aromatic heterocycles. The van der Waals surface area contributed by atoms with Crippen LogP contribution in [0.2, 0.25) is 0 Å². The summed E-state index contributed by atoms with van der Waals surface area (Å²) in [5, 5.41) is 1.21. The molecule has 0 radical (unpaired) electrons. The predicted molar refractivity (Wildman–Crippen MR) is 225 cm³/mol. The normalized spacial score (nSPS) is 15.2. The molecule has 7 aromatic carbocycles. The Morgan fingerprint density at radius 3 is 1.71 bits per heavy atom. The van der Waals surface area contributed by atoms with Crippen LogP contribution in [0.3, 0.4) is 0 Å². The fraction of sp³-hybridized carbons (Fsp3) is 0.0392. The first kappa shape index (κ1) is 32.1. The molecule has 5 heteroatoms. The molecule has 2 aliphatic rings. The lowest BCUT2D eigenvalue weighted by atomic mass is 9.85. The van der Waals surface area contributed by atoms with Gasteiger partial charge in [0, 0.05) is 44.8 Å². The van der Waals surface area contributed by atoms with Crippen molar-refractivity contribution in [1.82, 2.24) is 19.5 Å². The van der Waals surface area contributed by atoms with Gasteiger partial charge in [-0.25, -0.2) is 15.0 Å². The van der Waals surface area contributed by atoms with Crippen molar-refractivity contribution in [1.29, 1.82) is 0 Å². The second kappa shape index (κ2) is 13.2. The van der Waals surface area contributed by atoms with Gasteiger partial charge < -0.3 is 9.30 Å². The molecule has 1 aliphatic carbocycles. The van der Waals surface area contributed by atoms with Crippen LogP contribution in [0.25, 0.3) is 79.1 Å². The van der Waals surface area contributed by atoms with Gasteiger partial charge in [0.2, 0.25) is 0 Å². The van der Waals surface area contributed by atoms with Crippen molar-refractivity contribution in [2.75, 3.05) is 0 Å². The van der Waals surface area contributed by atoms with E-state index >= 15 is 0 Å². The Labute approximate surface area is 324 Å². The van der Waals surface area contributed by atoms with Crippen molar-refractivity contribution >= 4 is 17.0 Å². The Morgan fingerprint density at radius 1 is 0.446 bits per heavy atom. The predicted octanol–water partition coefficient (Wildman–Crippen LogP) is 12.4. The summed E-state index contributed by atoms with van der Waals surface area (Å²) >= 11 is 0. The maximum Gasteiger partial charge on any atom is 0.164 e. The molecule has 0 saturated carbocycles. The summed E-state index contributed by atoms with van der Waals surface area (Å²) in [6.45, 7) is 0. The van der Waals surface area contributed by atoms with Gasteiger partial charge in [0.1, 0.15) is 11.9 Å². The zero-order valence-corrected chi connectivity index (χ0v) is 30.3. The topological polar surface area (TPSA) is 52.8 Å². The van der Waals surface area contributed by atoms with Crippen LogP contribution in [0.5, 0.6) is 5.75 Å². The van der Waals surface area contributed by atoms with Crippen molar-refractivity contribution in [3.05, 3.63) is 205 Å². The molecule has 1 aliphatic heterocycles. The van der Waals surface area contributed by atoms with Crippen LogP contribution >= 0.6 is 0 Å². The van der Waals surface area contributed by atoms with Gasteiger partial charge in [-0.3, -0.25) is 0 Å². The van der Waals surface area contributed by atoms with Gasteiger partial charge in [-0.05, 0) is 58.7 Å². The molecule has 264 valence electrons. The first-order valence-corrected chi connectivity index (χ1v) is 19.0. The van der Waals surface area contributed by atoms with Gasteiger partial charge in [-0.1, -0.05) is 158 Å². The van der Waals surface area contributed by atoms with Gasteiger partial charge in [0.05, 0.1) is 11.2 Å². The molecular weight excluding hydrogens is 685 g/mol. The molecule has 0 fully saturated rings. The van der Waals surface area contributed by atoms with E-state index in [1.165, 1.54) is 27.6 Å². The zero-order valence-electron chi connectivity index (χ0n) is 30.3. The second-order valence-electron chi connectivity index (χ2n) is 14.4. The summed E-state index contributed by atoms with van der Waals surface area (Å²) in [4.78, 5) is 15.3. The molecule has 5 nitrogen and oxygen atoms in total. The summed E-state index contributed by atoms with van der Waals surface area (Å²) in [5.74, 6) is 2.78. The van der Waals surface area contributed by atoms with Gasteiger partial charge in [0.15, 0.2) is 17.5 Å². The maximum absolute atomic E-state index is 6.97. The molecule has 0 N–H and O–H groups in total. The van der Waals surface area contributed by atoms with Crippen LogP contribution in [0, 0.1) is 0 Å². The van der Waals surface area contributed by atoms with E-state index in [0.717, 1.165) is 50.5 Å². The molecule has 11 rings (SSSR count). The van der Waals surface area contributed by atoms with E-state index in [9.17, 15) is 0 Å². The van der Waals surface area contributed by atoms with E-state index in [4.69, 9.17) is 19.7 Å². The van der Waals surface area contributed by atoms with Crippen LogP contribution in [0.4, 0.5) is 0 Å². The molecule has 2 unspecified atom stereocenters. The maximum atomic E-state index is 6.97. The van der Waals surface area contributed by atoms with Crippen LogP contribution in [-0.4, -0.2) is 19.5 Å². The third-order valence-corrected chi connectivity index (χ3v) is 11.0. The first-order chi connectivity index (χ1) is 27.7. The number of hydrogen-bond acceptors (Lipinski definition) is 4. The Morgan fingerprint density at radius 2 is 0.982 bits per heavy atom. The minimum absolute atomic E-state index is 0.0925. The lowest BCUT2D eigenvalue weighted by Crippen LogP contribution is -2.13. The van der Waals surface area contributed by atoms with Gasteiger partial charge in [0.25, 0.3) is 0 Å². The first-order valence-electron chi connectivity index (χ1n) is 19.0. The highest BCUT2D eigenvalue weighted by Gasteiger charge is 2.40. The number of nitrogens with zero attached hydrogens (tertiary/aromatic N) is 4. The van der Waals surface area contributed by atoms with E-state index < -0.39 is 0 Å². The van der Waals surface area contributed by atoms with E-state index in [0.29, 0.717) is 17.5 Å². The fourth-order valence-corrected chi connectivity index (χ4v) is 8.34. The average molecular weight is 719 g/mol. The smallest absolute Gasteiger partial charge is 0.164 e. The minimum Gasteiger partial charge on any atom is -0.484 e. The average Bonchev–Trinajstić information content (AvgIpc) is 3.83. The van der Waals surface area contributed by atoms with E-state index in [1.54, 1.807) is 0 Å². The Hall–Kier alpha value is -7.37. The Kier molecular flexibility index (Phi) is 7.56. The number of hydrogen-bond donors (Lipinski definition) is 0. The van der Waals surface area contributed by atoms with Crippen molar-refractivity contribution in [2.24, 2.45) is 0 Å². The molecule has 56 heavy (non-hydrogen) atoms. The number of fused-ring (bicyclic) bond motifs is 7. The lowest BCUT2D eigenvalue weighted by Gasteiger charge is -2.22. The summed E-state index contributed by atoms with van der Waals surface area (Å²) in [7, 11) is 0. The molecular formula is C51H34N4O. The summed E-state index contributed by atoms with van der Waals surface area (Å²) in [6.07, 6.45) is 4.42. The number of para-hydroxylation sites is 2. The van der Waals surface area contributed by atoms with Crippen LogP contribution in [0.15, 0.2) is 188 Å². The largest absolute Gasteiger partial charge is 0.484 e. The minimum atomic E-state index is -0.150. The summed E-state index contributed by atoms with van der Waals surface area (Å²) < 4.78 is 9.32. The highest BCUT2D eigenvalue weighted by atomic mass is 16.5. The monoisotopic (exact) mass is 718 g/mol. The molecule has 0 bridgehead atoms. The number of benzene rings is 7. The van der Waals surface area contributed by atoms with E-state index in [-0.39, 0.29) is 12.0 Å². The Balaban J connectivity index is 1.01. The lowest BCUT2D eigenvalue weighted by molar-refractivity contribution is 0.225. The van der Waals surface area contributed by atoms with Crippen LogP contribution in [0.1, 0.15) is 28.8 Å². The van der Waals surface area contributed by atoms with Gasteiger partial charge >= 0.3 is 0 Å². The number of ether oxygens (including phenoxy) is 1. The molecule has 0 saturated heterocycles. The zero-order chi connectivity index (χ0) is 37.0. The SMILES string of the molecule is C1=CC2c3ccc(-c4nc(-c5ccc(-c6ccccc6)cc5)nc(-c5cccc(-c6ccccc6)c5)n4)cc3OC2c2c1n(-c1ccccc1)c1ccccc21. The fourth-order valence-electron chi connectivity index (χ4n) is 8.34. The highest BCUT2D eigenvalue weighted by molar-refractivity contribution is 5.92. The third-order valence-electron chi connectivity index (χ3n) is 11.0. The standard InChI is InChI=1S/C51H34N4O/c1-4-13-33(14-5-1)35-23-25-36(26-24-35)49-52-50(38-18-12-17-37(31-38)34-15-6-2-7-16-34)54-51(53-49)39-27-28-41-42-29-30-45-47(48(42)56-46(41)32-39)43-21-10-11-22-44(43)55(45)40-19-8-3-9-20-40/h1-32,42,48H. The molecule has 3 heterocycles. The Bertz CT molecular complexity index is 2940. The summed E-state index contributed by atoms with van der Waals surface area (Å²) in [5.41, 5.74) is 13.1. The molecule has 2 atom stereocenters. The molecule has 0 spiro atoms. The van der Waals surface area contributed by atoms with Crippen molar-refractivity contribution in [2.45, 2.75) is 12.0 Å².